The molecule has 6 heteroatoms. The van der Waals surface area contributed by atoms with E-state index < -0.39 is 0 Å². The molecule has 0 aliphatic heterocycles. The highest BCUT2D eigenvalue weighted by Gasteiger charge is 2.06. The van der Waals surface area contributed by atoms with Gasteiger partial charge in [0.25, 0.3) is 0 Å². The average molecular weight is 343 g/mol. The molecule has 2 aromatic carbocycles. The fourth-order valence-corrected chi connectivity index (χ4v) is 2.39. The summed E-state index contributed by atoms with van der Waals surface area (Å²) in [4.78, 5) is 0. The fourth-order valence-electron chi connectivity index (χ4n) is 2.34. The van der Waals surface area contributed by atoms with Crippen LogP contribution in [0.2, 0.25) is 0 Å². The molecule has 0 bridgehead atoms. The lowest BCUT2D eigenvalue weighted by Crippen LogP contribution is -2.24. The molecule has 0 aromatic heterocycles. The summed E-state index contributed by atoms with van der Waals surface area (Å²) in [6.45, 7) is 4.50. The van der Waals surface area contributed by atoms with Gasteiger partial charge in [-0.1, -0.05) is 6.07 Å². The van der Waals surface area contributed by atoms with E-state index in [1.54, 1.807) is 13.3 Å². The van der Waals surface area contributed by atoms with Crippen LogP contribution < -0.4 is 20.6 Å². The lowest BCUT2D eigenvalue weighted by molar-refractivity contribution is 0.296. The van der Waals surface area contributed by atoms with Gasteiger partial charge in [0, 0.05) is 5.56 Å². The molecule has 0 amide bonds. The molecule has 126 valence electrons. The third kappa shape index (κ3) is 5.24. The highest BCUT2D eigenvalue weighted by Crippen LogP contribution is 2.23. The van der Waals surface area contributed by atoms with E-state index in [2.05, 4.69) is 16.6 Å². The number of rotatable bonds is 6. The Hall–Kier alpha value is -2.60. The lowest BCUT2D eigenvalue weighted by atomic mass is 10.1. The van der Waals surface area contributed by atoms with Crippen LogP contribution in [0, 0.1) is 13.8 Å². The number of ether oxygens (including phenoxy) is 2. The minimum absolute atomic E-state index is 0.123. The van der Waals surface area contributed by atoms with Crippen molar-refractivity contribution in [3.63, 3.8) is 0 Å². The maximum atomic E-state index is 5.91. The molecule has 0 spiro atoms. The first-order valence-electron chi connectivity index (χ1n) is 7.44. The summed E-state index contributed by atoms with van der Waals surface area (Å²) in [5, 5.41) is 4.08. The number of aryl methyl sites for hydroxylation is 2. The zero-order valence-corrected chi connectivity index (χ0v) is 14.8. The van der Waals surface area contributed by atoms with Gasteiger partial charge in [0.1, 0.15) is 18.1 Å². The van der Waals surface area contributed by atoms with Crippen LogP contribution in [0.15, 0.2) is 41.5 Å². The van der Waals surface area contributed by atoms with Gasteiger partial charge >= 0.3 is 0 Å². The summed E-state index contributed by atoms with van der Waals surface area (Å²) in [5.74, 6) is 1.60. The molecule has 0 radical (unpaired) electrons. The normalized spacial score (nSPS) is 10.6. The van der Waals surface area contributed by atoms with Crippen molar-refractivity contribution in [1.82, 2.24) is 5.43 Å². The van der Waals surface area contributed by atoms with Crippen molar-refractivity contribution in [2.45, 2.75) is 20.5 Å². The predicted octanol–water partition coefficient (Wildman–Crippen LogP) is 3.06. The Labute approximate surface area is 147 Å². The molecule has 0 saturated heterocycles. The SMILES string of the molecule is COc1ccc(C=NNC(N)=S)cc1COc1cc(C)cc(C)c1. The Morgan fingerprint density at radius 2 is 1.92 bits per heavy atom. The van der Waals surface area contributed by atoms with Gasteiger partial charge in [-0.15, -0.1) is 0 Å². The highest BCUT2D eigenvalue weighted by molar-refractivity contribution is 7.80. The van der Waals surface area contributed by atoms with Crippen LogP contribution in [0.25, 0.3) is 0 Å². The second-order valence-corrected chi connectivity index (χ2v) is 5.86. The number of thiocarbonyl (C=S) groups is 1. The molecule has 0 aliphatic rings. The van der Waals surface area contributed by atoms with Crippen molar-refractivity contribution >= 4 is 23.5 Å². The van der Waals surface area contributed by atoms with Gasteiger partial charge in [-0.3, -0.25) is 5.43 Å². The Morgan fingerprint density at radius 3 is 2.54 bits per heavy atom. The summed E-state index contributed by atoms with van der Waals surface area (Å²) in [6.07, 6.45) is 1.64. The van der Waals surface area contributed by atoms with Gasteiger partial charge in [0.15, 0.2) is 5.11 Å². The van der Waals surface area contributed by atoms with Crippen molar-refractivity contribution in [2.75, 3.05) is 7.11 Å². The monoisotopic (exact) mass is 343 g/mol. The summed E-state index contributed by atoms with van der Waals surface area (Å²) in [6, 6.07) is 11.9. The van der Waals surface area contributed by atoms with E-state index in [4.69, 9.17) is 27.4 Å². The van der Waals surface area contributed by atoms with Crippen molar-refractivity contribution in [3.05, 3.63) is 58.7 Å². The highest BCUT2D eigenvalue weighted by atomic mass is 32.1. The number of hydrogen-bond acceptors (Lipinski definition) is 4. The largest absolute Gasteiger partial charge is 0.496 e. The van der Waals surface area contributed by atoms with E-state index in [0.29, 0.717) is 6.61 Å². The third-order valence-corrected chi connectivity index (χ3v) is 3.37. The molecule has 3 N–H and O–H groups in total. The molecule has 0 unspecified atom stereocenters. The molecule has 0 saturated carbocycles. The van der Waals surface area contributed by atoms with Gasteiger partial charge in [-0.25, -0.2) is 0 Å². The van der Waals surface area contributed by atoms with Crippen molar-refractivity contribution in [3.8, 4) is 11.5 Å². The second-order valence-electron chi connectivity index (χ2n) is 5.42. The first-order valence-corrected chi connectivity index (χ1v) is 7.85. The lowest BCUT2D eigenvalue weighted by Gasteiger charge is -2.12. The Balaban J connectivity index is 2.15. The standard InChI is InChI=1S/C18H21N3O2S/c1-12-6-13(2)8-16(7-12)23-11-15-9-14(4-5-17(15)22-3)10-20-21-18(19)24/h4-10H,11H2,1-3H3,(H3,19,21,24). The minimum atomic E-state index is 0.123. The van der Waals surface area contributed by atoms with Crippen LogP contribution in [0.1, 0.15) is 22.3 Å². The Bertz CT molecular complexity index is 740. The van der Waals surface area contributed by atoms with Gasteiger partial charge in [-0.05, 0) is 73.1 Å². The molecular weight excluding hydrogens is 322 g/mol. The van der Waals surface area contributed by atoms with Gasteiger partial charge in [-0.2, -0.15) is 5.10 Å². The molecule has 0 fully saturated rings. The molecular formula is C18H21N3O2S. The number of hydrazone groups is 1. The summed E-state index contributed by atoms with van der Waals surface area (Å²) < 4.78 is 11.3. The number of benzene rings is 2. The van der Waals surface area contributed by atoms with Crippen LogP contribution in [0.5, 0.6) is 11.5 Å². The molecule has 2 aromatic rings. The number of methoxy groups -OCH3 is 1. The zero-order valence-electron chi connectivity index (χ0n) is 14.0. The predicted molar refractivity (Wildman–Crippen MR) is 101 cm³/mol. The zero-order chi connectivity index (χ0) is 17.5. The average Bonchev–Trinajstić information content (AvgIpc) is 2.52. The topological polar surface area (TPSA) is 68.9 Å². The molecule has 2 rings (SSSR count). The van der Waals surface area contributed by atoms with Crippen molar-refractivity contribution in [1.29, 1.82) is 0 Å². The summed E-state index contributed by atoms with van der Waals surface area (Å²) >= 11 is 4.71. The quantitative estimate of drug-likeness (QED) is 0.479. The number of nitrogens with one attached hydrogen (secondary N) is 1. The molecule has 24 heavy (non-hydrogen) atoms. The maximum Gasteiger partial charge on any atom is 0.184 e. The van der Waals surface area contributed by atoms with E-state index in [0.717, 1.165) is 22.6 Å². The molecule has 0 atom stereocenters. The van der Waals surface area contributed by atoms with E-state index in [9.17, 15) is 0 Å². The first-order chi connectivity index (χ1) is 11.5. The Kier molecular flexibility index (Phi) is 6.14. The molecule has 5 nitrogen and oxygen atoms in total. The summed E-state index contributed by atoms with van der Waals surface area (Å²) in [7, 11) is 1.64. The number of nitrogens with two attached hydrogens (primary N) is 1. The third-order valence-electron chi connectivity index (χ3n) is 3.28. The molecule has 0 aliphatic carbocycles. The van der Waals surface area contributed by atoms with Crippen molar-refractivity contribution in [2.24, 2.45) is 10.8 Å². The number of nitrogens with zero attached hydrogens (tertiary/aromatic N) is 1. The van der Waals surface area contributed by atoms with Gasteiger partial charge in [0.05, 0.1) is 13.3 Å². The van der Waals surface area contributed by atoms with E-state index in [-0.39, 0.29) is 5.11 Å². The number of hydrogen-bond donors (Lipinski definition) is 2. The van der Waals surface area contributed by atoms with Crippen LogP contribution in [0.4, 0.5) is 0 Å². The Morgan fingerprint density at radius 1 is 1.21 bits per heavy atom. The fraction of sp³-hybridized carbons (Fsp3) is 0.222. The minimum Gasteiger partial charge on any atom is -0.496 e. The first kappa shape index (κ1) is 17.7. The van der Waals surface area contributed by atoms with Gasteiger partial charge < -0.3 is 15.2 Å². The molecule has 0 heterocycles. The second kappa shape index (κ2) is 8.31. The van der Waals surface area contributed by atoms with Crippen LogP contribution in [-0.4, -0.2) is 18.4 Å². The van der Waals surface area contributed by atoms with Crippen LogP contribution >= 0.6 is 12.2 Å². The maximum absolute atomic E-state index is 5.91. The van der Waals surface area contributed by atoms with Crippen molar-refractivity contribution < 1.29 is 9.47 Å². The van der Waals surface area contributed by atoms with Crippen LogP contribution in [-0.2, 0) is 6.61 Å². The van der Waals surface area contributed by atoms with E-state index >= 15 is 0 Å². The van der Waals surface area contributed by atoms with Gasteiger partial charge in [0.2, 0.25) is 0 Å². The van der Waals surface area contributed by atoms with E-state index in [1.807, 2.05) is 44.2 Å². The summed E-state index contributed by atoms with van der Waals surface area (Å²) in [5.41, 5.74) is 12.0. The van der Waals surface area contributed by atoms with E-state index in [1.165, 1.54) is 11.1 Å². The smallest absolute Gasteiger partial charge is 0.184 e. The van der Waals surface area contributed by atoms with Crippen LogP contribution in [0.3, 0.4) is 0 Å².